The van der Waals surface area contributed by atoms with E-state index in [1.54, 1.807) is 6.07 Å². The molecule has 0 heterocycles. The van der Waals surface area contributed by atoms with Crippen LogP contribution >= 0.6 is 0 Å². The van der Waals surface area contributed by atoms with E-state index in [2.05, 4.69) is 5.32 Å². The molecule has 3 rings (SSSR count). The van der Waals surface area contributed by atoms with Crippen LogP contribution < -0.4 is 10.8 Å². The average molecular weight is 288 g/mol. The minimum atomic E-state index is -0.213. The molecular weight excluding hydrogens is 271 g/mol. The number of nitrogens with one attached hydrogen (secondary N) is 2. The monoisotopic (exact) mass is 288 g/mol. The van der Waals surface area contributed by atoms with Crippen LogP contribution in [0.2, 0.25) is 0 Å². The first kappa shape index (κ1) is 14.6. The molecule has 0 aliphatic heterocycles. The smallest absolute Gasteiger partial charge is 0.256 e. The molecule has 4 heteroatoms. The molecule has 1 saturated carbocycles. The van der Waals surface area contributed by atoms with Gasteiger partial charge in [0.15, 0.2) is 0 Å². The van der Waals surface area contributed by atoms with E-state index in [0.717, 1.165) is 5.56 Å². The zero-order valence-corrected chi connectivity index (χ0v) is 12.5. The summed E-state index contributed by atoms with van der Waals surface area (Å²) in [5.41, 5.74) is 4.59. The largest absolute Gasteiger partial charge is 0.322 e. The zero-order chi connectivity index (χ0) is 15.7. The molecule has 1 aliphatic carbocycles. The molecule has 3 nitrogen and oxygen atoms in total. The van der Waals surface area contributed by atoms with Crippen LogP contribution in [0.5, 0.6) is 0 Å². The summed E-state index contributed by atoms with van der Waals surface area (Å²) in [7, 11) is 5.86. The van der Waals surface area contributed by atoms with Crippen LogP contribution in [0.4, 0.5) is 5.69 Å². The summed E-state index contributed by atoms with van der Waals surface area (Å²) in [4.78, 5) is 12.5. The van der Waals surface area contributed by atoms with Gasteiger partial charge in [-0.2, -0.15) is 0 Å². The summed E-state index contributed by atoms with van der Waals surface area (Å²) < 4.78 is 0. The van der Waals surface area contributed by atoms with Crippen LogP contribution in [0.25, 0.3) is 0 Å². The summed E-state index contributed by atoms with van der Waals surface area (Å²) in [5, 5.41) is 10.5. The third-order valence-electron chi connectivity index (χ3n) is 4.15. The number of benzene rings is 2. The Morgan fingerprint density at radius 3 is 2.77 bits per heavy atom. The normalized spacial score (nSPS) is 13.7. The van der Waals surface area contributed by atoms with E-state index in [9.17, 15) is 4.79 Å². The summed E-state index contributed by atoms with van der Waals surface area (Å²) in [5.74, 6) is 0.390. The van der Waals surface area contributed by atoms with Crippen molar-refractivity contribution in [3.05, 3.63) is 58.7 Å². The highest BCUT2D eigenvalue weighted by Crippen LogP contribution is 2.40. The van der Waals surface area contributed by atoms with Crippen LogP contribution in [0.15, 0.2) is 36.4 Å². The molecule has 0 atom stereocenters. The molecule has 2 N–H and O–H groups in total. The second-order valence-electron chi connectivity index (χ2n) is 5.74. The maximum Gasteiger partial charge on any atom is 0.256 e. The highest BCUT2D eigenvalue weighted by Gasteiger charge is 2.24. The van der Waals surface area contributed by atoms with Gasteiger partial charge in [0, 0.05) is 23.0 Å². The Labute approximate surface area is 131 Å². The fourth-order valence-corrected chi connectivity index (χ4v) is 2.56. The first-order chi connectivity index (χ1) is 10.6. The van der Waals surface area contributed by atoms with Gasteiger partial charge in [-0.15, -0.1) is 0 Å². The van der Waals surface area contributed by atoms with Crippen LogP contribution in [-0.2, 0) is 0 Å². The molecule has 2 aromatic rings. The molecule has 0 saturated heterocycles. The molecule has 0 unspecified atom stereocenters. The number of carbonyl (C=O) groups excluding carboxylic acids is 1. The summed E-state index contributed by atoms with van der Waals surface area (Å²) in [6, 6.07) is 11.2. The number of rotatable bonds is 4. The number of carbonyl (C=O) groups is 1. The van der Waals surface area contributed by atoms with Gasteiger partial charge in [-0.1, -0.05) is 23.7 Å². The first-order valence-electron chi connectivity index (χ1n) is 7.41. The SMILES string of the molecule is [B]c1cccc(NC(=O)c2ccc(C3CC3)cc2C=N)c1C. The van der Waals surface area contributed by atoms with Crippen LogP contribution in [-0.4, -0.2) is 20.0 Å². The lowest BCUT2D eigenvalue weighted by Gasteiger charge is -2.12. The minimum absolute atomic E-state index is 0.213. The van der Waals surface area contributed by atoms with Gasteiger partial charge in [-0.25, -0.2) is 0 Å². The van der Waals surface area contributed by atoms with E-state index in [1.807, 2.05) is 37.3 Å². The fourth-order valence-electron chi connectivity index (χ4n) is 2.56. The molecule has 1 aliphatic rings. The van der Waals surface area contributed by atoms with E-state index in [1.165, 1.54) is 24.6 Å². The third-order valence-corrected chi connectivity index (χ3v) is 4.15. The van der Waals surface area contributed by atoms with Crippen molar-refractivity contribution >= 4 is 31.1 Å². The van der Waals surface area contributed by atoms with E-state index in [4.69, 9.17) is 13.3 Å². The maximum atomic E-state index is 12.5. The van der Waals surface area contributed by atoms with Crippen LogP contribution in [0.1, 0.15) is 45.8 Å². The van der Waals surface area contributed by atoms with Crippen molar-refractivity contribution < 1.29 is 4.79 Å². The summed E-state index contributed by atoms with van der Waals surface area (Å²) in [6.45, 7) is 1.87. The van der Waals surface area contributed by atoms with Gasteiger partial charge in [-0.3, -0.25) is 4.79 Å². The van der Waals surface area contributed by atoms with Gasteiger partial charge < -0.3 is 10.7 Å². The molecule has 2 radical (unpaired) electrons. The maximum absolute atomic E-state index is 12.5. The van der Waals surface area contributed by atoms with Gasteiger partial charge in [0.05, 0.1) is 0 Å². The molecule has 1 amide bonds. The Kier molecular flexibility index (Phi) is 3.84. The van der Waals surface area contributed by atoms with Crippen LogP contribution in [0, 0.1) is 12.3 Å². The van der Waals surface area contributed by atoms with E-state index < -0.39 is 0 Å². The number of hydrogen-bond acceptors (Lipinski definition) is 2. The van der Waals surface area contributed by atoms with Crippen LogP contribution in [0.3, 0.4) is 0 Å². The van der Waals surface area contributed by atoms with Crippen molar-refractivity contribution in [1.29, 1.82) is 5.41 Å². The van der Waals surface area contributed by atoms with Crippen molar-refractivity contribution in [2.24, 2.45) is 0 Å². The van der Waals surface area contributed by atoms with E-state index >= 15 is 0 Å². The first-order valence-corrected chi connectivity index (χ1v) is 7.41. The van der Waals surface area contributed by atoms with Crippen molar-refractivity contribution in [3.8, 4) is 0 Å². The van der Waals surface area contributed by atoms with Crippen molar-refractivity contribution in [2.45, 2.75) is 25.7 Å². The second-order valence-corrected chi connectivity index (χ2v) is 5.74. The Morgan fingerprint density at radius 2 is 2.09 bits per heavy atom. The van der Waals surface area contributed by atoms with Gasteiger partial charge in [0.25, 0.3) is 5.91 Å². The molecule has 0 bridgehead atoms. The summed E-state index contributed by atoms with van der Waals surface area (Å²) in [6.07, 6.45) is 3.64. The Hall–Kier alpha value is -2.36. The van der Waals surface area contributed by atoms with Gasteiger partial charge >= 0.3 is 0 Å². The molecule has 2 aromatic carbocycles. The van der Waals surface area contributed by atoms with Gasteiger partial charge in [-0.05, 0) is 55.0 Å². The molecular formula is C18H17BN2O. The predicted molar refractivity (Wildman–Crippen MR) is 90.8 cm³/mol. The molecule has 108 valence electrons. The minimum Gasteiger partial charge on any atom is -0.322 e. The second kappa shape index (κ2) is 5.80. The molecule has 22 heavy (non-hydrogen) atoms. The van der Waals surface area contributed by atoms with E-state index in [0.29, 0.717) is 28.2 Å². The lowest BCUT2D eigenvalue weighted by atomic mass is 9.90. The zero-order valence-electron chi connectivity index (χ0n) is 12.5. The fraction of sp³-hybridized carbons (Fsp3) is 0.222. The molecule has 0 spiro atoms. The van der Waals surface area contributed by atoms with Crippen molar-refractivity contribution in [1.82, 2.24) is 0 Å². The van der Waals surface area contributed by atoms with Crippen molar-refractivity contribution in [3.63, 3.8) is 0 Å². The number of hydrogen-bond donors (Lipinski definition) is 2. The topological polar surface area (TPSA) is 53.0 Å². The number of anilines is 1. The lowest BCUT2D eigenvalue weighted by Crippen LogP contribution is -2.18. The standard InChI is InChI=1S/C18H17BN2O/c1-11-16(19)3-2-4-17(11)21-18(22)15-8-7-13(12-5-6-12)9-14(15)10-20/h2-4,7-10,12,20H,5-6H2,1H3,(H,21,22). The third kappa shape index (κ3) is 2.82. The number of amides is 1. The molecule has 1 fully saturated rings. The predicted octanol–water partition coefficient (Wildman–Crippen LogP) is 2.92. The Morgan fingerprint density at radius 1 is 1.32 bits per heavy atom. The van der Waals surface area contributed by atoms with E-state index in [-0.39, 0.29) is 5.91 Å². The van der Waals surface area contributed by atoms with Gasteiger partial charge in [0.2, 0.25) is 0 Å². The Bertz CT molecular complexity index is 751. The average Bonchev–Trinajstić information content (AvgIpc) is 3.36. The van der Waals surface area contributed by atoms with Gasteiger partial charge in [0.1, 0.15) is 7.85 Å². The Balaban J connectivity index is 1.88. The highest BCUT2D eigenvalue weighted by atomic mass is 16.1. The highest BCUT2D eigenvalue weighted by molar-refractivity contribution is 6.34. The summed E-state index contributed by atoms with van der Waals surface area (Å²) >= 11 is 0. The van der Waals surface area contributed by atoms with Crippen molar-refractivity contribution in [2.75, 3.05) is 5.32 Å². The molecule has 0 aromatic heterocycles. The quantitative estimate of drug-likeness (QED) is 0.659. The lowest BCUT2D eigenvalue weighted by molar-refractivity contribution is 0.102.